The molecular weight excluding hydrogens is 299 g/mol. The Balaban J connectivity index is 2.38. The van der Waals surface area contributed by atoms with Crippen LogP contribution in [0.25, 0.3) is 0 Å². The van der Waals surface area contributed by atoms with Gasteiger partial charge >= 0.3 is 106 Å². The van der Waals surface area contributed by atoms with Crippen LogP contribution < -0.4 is 0 Å². The normalized spacial score (nSPS) is 32.2. The van der Waals surface area contributed by atoms with Gasteiger partial charge in [-0.2, -0.15) is 0 Å². The first-order chi connectivity index (χ1) is 7.94. The molecule has 1 heteroatoms. The van der Waals surface area contributed by atoms with E-state index in [-0.39, 0.29) is 5.89 Å². The van der Waals surface area contributed by atoms with Crippen LogP contribution in [-0.2, 0) is 0 Å². The zero-order valence-electron chi connectivity index (χ0n) is 11.8. The Labute approximate surface area is 106 Å². The fourth-order valence-electron chi connectivity index (χ4n) is 2.97. The van der Waals surface area contributed by atoms with Crippen LogP contribution in [0.5, 0.6) is 0 Å². The van der Waals surface area contributed by atoms with Gasteiger partial charge in [-0.05, 0) is 0 Å². The molecule has 0 saturated heterocycles. The van der Waals surface area contributed by atoms with Crippen LogP contribution in [0, 0.1) is 0 Å². The Bertz CT molecular complexity index is 368. The van der Waals surface area contributed by atoms with Crippen molar-refractivity contribution in [2.75, 3.05) is 0 Å². The molecule has 88 valence electrons. The van der Waals surface area contributed by atoms with E-state index in [0.717, 1.165) is 6.42 Å². The predicted molar refractivity (Wildman–Crippen MR) is 74.7 cm³/mol. The maximum absolute atomic E-state index is 9.03. The molecule has 0 radical (unpaired) electrons. The standard InChI is InChI=1S/C12H15.3CH3.Sn/c1-3-7-11(8-4-1)12-9-5-2-6-10-12;;;;/h1,3-4,7-9,12H,2,5-6,10H2;3*1H3;/t12-;;;;/m1..../s1/i12D;;;;. The van der Waals surface area contributed by atoms with Crippen LogP contribution in [0.2, 0.25) is 18.8 Å². The van der Waals surface area contributed by atoms with Crippen molar-refractivity contribution < 1.29 is 1.37 Å². The van der Waals surface area contributed by atoms with Crippen LogP contribution in [0.3, 0.4) is 0 Å². The van der Waals surface area contributed by atoms with E-state index in [0.29, 0.717) is 3.93 Å². The second-order valence-corrected chi connectivity index (χ2v) is 21.6. The summed E-state index contributed by atoms with van der Waals surface area (Å²) < 4.78 is 9.70. The maximum atomic E-state index is 9.03. The molecule has 1 aromatic rings. The van der Waals surface area contributed by atoms with E-state index in [1.54, 1.807) is 0 Å². The molecule has 16 heavy (non-hydrogen) atoms. The minimum atomic E-state index is -2.02. The molecule has 0 spiro atoms. The van der Waals surface area contributed by atoms with Crippen molar-refractivity contribution in [3.05, 3.63) is 35.9 Å². The van der Waals surface area contributed by atoms with Crippen LogP contribution in [0.1, 0.15) is 38.5 Å². The number of rotatable bonds is 2. The molecule has 0 heterocycles. The van der Waals surface area contributed by atoms with E-state index in [1.807, 2.05) is 0 Å². The average molecular weight is 324 g/mol. The summed E-state index contributed by atoms with van der Waals surface area (Å²) in [6.45, 7) is 0. The van der Waals surface area contributed by atoms with E-state index in [1.165, 1.54) is 24.8 Å². The molecule has 0 amide bonds. The number of hydrogen-bond acceptors (Lipinski definition) is 0. The van der Waals surface area contributed by atoms with Gasteiger partial charge in [0.2, 0.25) is 0 Å². The van der Waals surface area contributed by atoms with Crippen molar-refractivity contribution in [3.63, 3.8) is 0 Å². The van der Waals surface area contributed by atoms with E-state index in [9.17, 15) is 0 Å². The third kappa shape index (κ3) is 2.82. The SMILES string of the molecule is [2H][C@]1(c2ccccc2)CCCC[C@H]1[Sn]([CH3])([CH3])[CH3]. The van der Waals surface area contributed by atoms with E-state index < -0.39 is 18.4 Å². The second-order valence-electron chi connectivity index (χ2n) is 6.06. The summed E-state index contributed by atoms with van der Waals surface area (Å²) in [4.78, 5) is 7.49. The number of benzene rings is 1. The number of hydrogen-bond donors (Lipinski definition) is 0. The van der Waals surface area contributed by atoms with Crippen LogP contribution in [0.4, 0.5) is 0 Å². The monoisotopic (exact) mass is 325 g/mol. The van der Waals surface area contributed by atoms with Gasteiger partial charge in [0, 0.05) is 0 Å². The molecule has 1 aromatic carbocycles. The fraction of sp³-hybridized carbons (Fsp3) is 0.600. The van der Waals surface area contributed by atoms with Gasteiger partial charge in [0.15, 0.2) is 0 Å². The molecule has 2 rings (SSSR count). The molecule has 2 atom stereocenters. The quantitative estimate of drug-likeness (QED) is 0.668. The van der Waals surface area contributed by atoms with Crippen molar-refractivity contribution in [2.24, 2.45) is 0 Å². The fourth-order valence-corrected chi connectivity index (χ4v) is 9.89. The van der Waals surface area contributed by atoms with Gasteiger partial charge in [-0.3, -0.25) is 0 Å². The molecule has 1 aliphatic rings. The molecule has 0 aliphatic heterocycles. The molecule has 0 aromatic heterocycles. The first-order valence-electron chi connectivity index (χ1n) is 7.00. The molecule has 1 aliphatic carbocycles. The van der Waals surface area contributed by atoms with Crippen molar-refractivity contribution in [1.29, 1.82) is 0 Å². The Kier molecular flexibility index (Phi) is 3.56. The Morgan fingerprint density at radius 2 is 1.69 bits per heavy atom. The molecular formula is C15H24Sn. The van der Waals surface area contributed by atoms with Crippen molar-refractivity contribution in [2.45, 2.75) is 50.3 Å². The summed E-state index contributed by atoms with van der Waals surface area (Å²) in [7, 11) is 0. The summed E-state index contributed by atoms with van der Waals surface area (Å²) in [5.41, 5.74) is 1.26. The summed E-state index contributed by atoms with van der Waals surface area (Å²) in [5.74, 6) is -0.284. The van der Waals surface area contributed by atoms with Gasteiger partial charge in [0.25, 0.3) is 0 Å². The van der Waals surface area contributed by atoms with Crippen molar-refractivity contribution in [1.82, 2.24) is 0 Å². The molecule has 0 N–H and O–H groups in total. The van der Waals surface area contributed by atoms with Crippen LogP contribution in [-0.4, -0.2) is 18.4 Å². The molecule has 0 nitrogen and oxygen atoms in total. The van der Waals surface area contributed by atoms with E-state index >= 15 is 0 Å². The van der Waals surface area contributed by atoms with Gasteiger partial charge in [-0.1, -0.05) is 0 Å². The van der Waals surface area contributed by atoms with Crippen LogP contribution in [0.15, 0.2) is 30.3 Å². The van der Waals surface area contributed by atoms with Gasteiger partial charge in [0.1, 0.15) is 0 Å². The molecule has 1 fully saturated rings. The first kappa shape index (κ1) is 11.1. The topological polar surface area (TPSA) is 0 Å². The van der Waals surface area contributed by atoms with E-state index in [2.05, 4.69) is 45.2 Å². The summed E-state index contributed by atoms with van der Waals surface area (Å²) in [6.07, 6.45) is 4.93. The zero-order valence-corrected chi connectivity index (χ0v) is 13.6. The Morgan fingerprint density at radius 3 is 2.31 bits per heavy atom. The van der Waals surface area contributed by atoms with E-state index in [4.69, 9.17) is 1.37 Å². The van der Waals surface area contributed by atoms with Crippen molar-refractivity contribution >= 4 is 18.4 Å². The van der Waals surface area contributed by atoms with Gasteiger partial charge in [0.05, 0.1) is 0 Å². The van der Waals surface area contributed by atoms with Gasteiger partial charge in [-0.15, -0.1) is 0 Å². The average Bonchev–Trinajstić information content (AvgIpc) is 2.29. The molecule has 0 unspecified atom stereocenters. The summed E-state index contributed by atoms with van der Waals surface area (Å²) in [6, 6.07) is 10.6. The Morgan fingerprint density at radius 1 is 1.06 bits per heavy atom. The summed E-state index contributed by atoms with van der Waals surface area (Å²) in [5, 5.41) is 0. The van der Waals surface area contributed by atoms with Gasteiger partial charge < -0.3 is 0 Å². The predicted octanol–water partition coefficient (Wildman–Crippen LogP) is 5.05. The van der Waals surface area contributed by atoms with Crippen LogP contribution >= 0.6 is 0 Å². The molecule has 1 saturated carbocycles. The minimum absolute atomic E-state index is 0.284. The zero-order chi connectivity index (χ0) is 12.5. The first-order valence-corrected chi connectivity index (χ1v) is 16.7. The Hall–Kier alpha value is 0.0187. The molecule has 0 bridgehead atoms. The third-order valence-corrected chi connectivity index (χ3v) is 11.6. The third-order valence-electron chi connectivity index (χ3n) is 3.80. The second kappa shape index (κ2) is 5.12. The summed E-state index contributed by atoms with van der Waals surface area (Å²) >= 11 is -2.02. The van der Waals surface area contributed by atoms with Crippen molar-refractivity contribution in [3.8, 4) is 0 Å². The van der Waals surface area contributed by atoms with Gasteiger partial charge in [-0.25, -0.2) is 0 Å².